The van der Waals surface area contributed by atoms with E-state index in [2.05, 4.69) is 15.6 Å². The number of hydrogen-bond acceptors (Lipinski definition) is 6. The molecule has 2 aromatic heterocycles. The predicted molar refractivity (Wildman–Crippen MR) is 102 cm³/mol. The monoisotopic (exact) mass is 383 g/mol. The lowest BCUT2D eigenvalue weighted by Crippen LogP contribution is -2.15. The summed E-state index contributed by atoms with van der Waals surface area (Å²) in [6.07, 6.45) is 0. The van der Waals surface area contributed by atoms with Gasteiger partial charge in [0.05, 0.1) is 28.5 Å². The van der Waals surface area contributed by atoms with Crippen molar-refractivity contribution in [3.05, 3.63) is 68.9 Å². The van der Waals surface area contributed by atoms with Crippen LogP contribution < -0.4 is 5.32 Å². The Morgan fingerprint density at radius 2 is 1.96 bits per heavy atom. The van der Waals surface area contributed by atoms with Crippen LogP contribution in [0.3, 0.4) is 0 Å². The number of carbonyl (C=O) groups excluding carboxylic acids is 1. The van der Waals surface area contributed by atoms with Gasteiger partial charge in [0.2, 0.25) is 11.5 Å². The largest absolute Gasteiger partial charge is 0.353 e. The van der Waals surface area contributed by atoms with Crippen LogP contribution in [-0.2, 0) is 6.54 Å². The summed E-state index contributed by atoms with van der Waals surface area (Å²) >= 11 is 0. The molecule has 9 nitrogen and oxygen atoms in total. The number of hydrogen-bond donors (Lipinski definition) is 1. The van der Waals surface area contributed by atoms with E-state index in [1.54, 1.807) is 25.5 Å². The lowest BCUT2D eigenvalue weighted by atomic mass is 10.1. The van der Waals surface area contributed by atoms with Gasteiger partial charge in [-0.25, -0.2) is 0 Å². The molecular formula is C19H21N5O4. The van der Waals surface area contributed by atoms with Crippen LogP contribution in [0, 0.1) is 24.0 Å². The van der Waals surface area contributed by atoms with Crippen molar-refractivity contribution in [1.82, 2.24) is 14.9 Å². The van der Waals surface area contributed by atoms with Gasteiger partial charge in [-0.15, -0.1) is 0 Å². The molecule has 0 aliphatic carbocycles. The lowest BCUT2D eigenvalue weighted by molar-refractivity contribution is -0.386. The number of nitrogens with one attached hydrogen (secondary N) is 1. The topological polar surface area (TPSA) is 116 Å². The summed E-state index contributed by atoms with van der Waals surface area (Å²) in [6.45, 7) is 7.61. The molecule has 3 aromatic rings. The molecule has 1 amide bonds. The molecule has 0 unspecified atom stereocenters. The Bertz CT molecular complexity index is 1020. The van der Waals surface area contributed by atoms with E-state index >= 15 is 0 Å². The summed E-state index contributed by atoms with van der Waals surface area (Å²) < 4.78 is 6.82. The van der Waals surface area contributed by atoms with Gasteiger partial charge in [0.25, 0.3) is 5.91 Å². The molecule has 146 valence electrons. The van der Waals surface area contributed by atoms with Crippen molar-refractivity contribution >= 4 is 17.3 Å². The van der Waals surface area contributed by atoms with E-state index in [9.17, 15) is 14.9 Å². The molecule has 0 saturated heterocycles. The molecule has 0 atom stereocenters. The van der Waals surface area contributed by atoms with Crippen LogP contribution >= 0.6 is 0 Å². The third kappa shape index (κ3) is 3.64. The van der Waals surface area contributed by atoms with Crippen LogP contribution in [0.1, 0.15) is 53.0 Å². The molecule has 28 heavy (non-hydrogen) atoms. The van der Waals surface area contributed by atoms with Crippen LogP contribution in [0.2, 0.25) is 0 Å². The Morgan fingerprint density at radius 3 is 2.57 bits per heavy atom. The van der Waals surface area contributed by atoms with Crippen molar-refractivity contribution in [3.8, 4) is 0 Å². The van der Waals surface area contributed by atoms with E-state index in [4.69, 9.17) is 4.52 Å². The van der Waals surface area contributed by atoms with Crippen molar-refractivity contribution < 1.29 is 14.2 Å². The molecule has 3 rings (SSSR count). The van der Waals surface area contributed by atoms with Crippen LogP contribution in [0.5, 0.6) is 0 Å². The van der Waals surface area contributed by atoms with Gasteiger partial charge in [0.15, 0.2) is 0 Å². The highest BCUT2D eigenvalue weighted by molar-refractivity contribution is 6.06. The minimum atomic E-state index is -0.701. The summed E-state index contributed by atoms with van der Waals surface area (Å²) in [6, 6.07) is 9.80. The van der Waals surface area contributed by atoms with Gasteiger partial charge in [0.1, 0.15) is 0 Å². The van der Waals surface area contributed by atoms with Crippen LogP contribution in [-0.4, -0.2) is 25.8 Å². The van der Waals surface area contributed by atoms with Crippen LogP contribution in [0.15, 0.2) is 34.9 Å². The standard InChI is InChI=1S/C19H21N5O4/c1-11(2)18-17(24(26)27)16(22-28-18)19(25)20-15-12(3)21-23(13(15)4)10-14-8-6-5-7-9-14/h5-9,11H,10H2,1-4H3,(H,20,25). The van der Waals surface area contributed by atoms with Crippen LogP contribution in [0.4, 0.5) is 11.4 Å². The fourth-order valence-corrected chi connectivity index (χ4v) is 2.96. The lowest BCUT2D eigenvalue weighted by Gasteiger charge is -2.06. The molecule has 9 heteroatoms. The summed E-state index contributed by atoms with van der Waals surface area (Å²) in [5.41, 5.74) is 2.17. The Labute approximate surface area is 161 Å². The number of nitro groups is 1. The minimum absolute atomic E-state index is 0.0726. The number of aryl methyl sites for hydroxylation is 1. The number of nitrogens with zero attached hydrogens (tertiary/aromatic N) is 4. The van der Waals surface area contributed by atoms with Gasteiger partial charge in [-0.3, -0.25) is 19.6 Å². The van der Waals surface area contributed by atoms with Crippen molar-refractivity contribution in [1.29, 1.82) is 0 Å². The molecule has 0 fully saturated rings. The molecule has 1 aromatic carbocycles. The second kappa shape index (κ2) is 7.63. The Balaban J connectivity index is 1.89. The second-order valence-electron chi connectivity index (χ2n) is 6.80. The highest BCUT2D eigenvalue weighted by Crippen LogP contribution is 2.31. The average Bonchev–Trinajstić information content (AvgIpc) is 3.20. The first-order valence-electron chi connectivity index (χ1n) is 8.82. The molecule has 0 saturated carbocycles. The maximum absolute atomic E-state index is 12.7. The fourth-order valence-electron chi connectivity index (χ4n) is 2.96. The summed E-state index contributed by atoms with van der Waals surface area (Å²) in [7, 11) is 0. The maximum Gasteiger partial charge on any atom is 0.344 e. The number of carbonyl (C=O) groups is 1. The Hall–Kier alpha value is -3.49. The van der Waals surface area contributed by atoms with E-state index in [0.29, 0.717) is 17.9 Å². The molecule has 2 heterocycles. The third-order valence-electron chi connectivity index (χ3n) is 4.41. The number of rotatable bonds is 6. The van der Waals surface area contributed by atoms with Gasteiger partial charge in [0, 0.05) is 5.92 Å². The first kappa shape index (κ1) is 19.3. The number of aromatic nitrogens is 3. The quantitative estimate of drug-likeness (QED) is 0.511. The van der Waals surface area contributed by atoms with Gasteiger partial charge in [-0.05, 0) is 19.4 Å². The van der Waals surface area contributed by atoms with Gasteiger partial charge in [-0.1, -0.05) is 49.3 Å². The van der Waals surface area contributed by atoms with E-state index in [1.165, 1.54) is 0 Å². The first-order valence-corrected chi connectivity index (χ1v) is 8.82. The Kier molecular flexibility index (Phi) is 5.25. The SMILES string of the molecule is Cc1nn(Cc2ccccc2)c(C)c1NC(=O)c1noc(C(C)C)c1[N+](=O)[O-]. The molecule has 0 aliphatic rings. The normalized spacial score (nSPS) is 11.0. The highest BCUT2D eigenvalue weighted by Gasteiger charge is 2.33. The molecule has 0 spiro atoms. The molecule has 0 bridgehead atoms. The van der Waals surface area contributed by atoms with E-state index in [0.717, 1.165) is 11.3 Å². The van der Waals surface area contributed by atoms with Crippen molar-refractivity contribution in [2.24, 2.45) is 0 Å². The van der Waals surface area contributed by atoms with Crippen molar-refractivity contribution in [2.45, 2.75) is 40.2 Å². The predicted octanol–water partition coefficient (Wildman–Crippen LogP) is 3.82. The molecular weight excluding hydrogens is 362 g/mol. The van der Waals surface area contributed by atoms with E-state index in [1.807, 2.05) is 37.3 Å². The van der Waals surface area contributed by atoms with E-state index < -0.39 is 16.5 Å². The highest BCUT2D eigenvalue weighted by atomic mass is 16.6. The summed E-state index contributed by atoms with van der Waals surface area (Å²) in [5.74, 6) is -0.900. The molecule has 0 aliphatic heterocycles. The average molecular weight is 383 g/mol. The van der Waals surface area contributed by atoms with Crippen LogP contribution in [0.25, 0.3) is 0 Å². The zero-order valence-corrected chi connectivity index (χ0v) is 16.1. The fraction of sp³-hybridized carbons (Fsp3) is 0.316. The van der Waals surface area contributed by atoms with Gasteiger partial charge in [-0.2, -0.15) is 5.10 Å². The minimum Gasteiger partial charge on any atom is -0.353 e. The zero-order chi connectivity index (χ0) is 20.4. The van der Waals surface area contributed by atoms with Crippen molar-refractivity contribution in [3.63, 3.8) is 0 Å². The van der Waals surface area contributed by atoms with Gasteiger partial charge >= 0.3 is 5.69 Å². The summed E-state index contributed by atoms with van der Waals surface area (Å²) in [5, 5.41) is 22.2. The van der Waals surface area contributed by atoms with E-state index in [-0.39, 0.29) is 17.4 Å². The summed E-state index contributed by atoms with van der Waals surface area (Å²) in [4.78, 5) is 23.4. The second-order valence-corrected chi connectivity index (χ2v) is 6.80. The third-order valence-corrected chi connectivity index (χ3v) is 4.41. The number of amides is 1. The Morgan fingerprint density at radius 1 is 1.29 bits per heavy atom. The maximum atomic E-state index is 12.7. The number of benzene rings is 1. The zero-order valence-electron chi connectivity index (χ0n) is 16.1. The van der Waals surface area contributed by atoms with Crippen molar-refractivity contribution in [2.75, 3.05) is 5.32 Å². The molecule has 1 N–H and O–H groups in total. The van der Waals surface area contributed by atoms with Gasteiger partial charge < -0.3 is 9.84 Å². The smallest absolute Gasteiger partial charge is 0.344 e. The number of anilines is 1. The first-order chi connectivity index (χ1) is 13.3. The molecule has 0 radical (unpaired) electrons.